The first kappa shape index (κ1) is 11.5. The van der Waals surface area contributed by atoms with Crippen LogP contribution >= 0.6 is 27.3 Å². The van der Waals surface area contributed by atoms with Gasteiger partial charge in [-0.25, -0.2) is 4.98 Å². The van der Waals surface area contributed by atoms with Crippen molar-refractivity contribution in [1.82, 2.24) is 4.98 Å². The van der Waals surface area contributed by atoms with Gasteiger partial charge in [0.1, 0.15) is 11.5 Å². The van der Waals surface area contributed by atoms with Gasteiger partial charge in [0.25, 0.3) is 0 Å². The predicted octanol–water partition coefficient (Wildman–Crippen LogP) is 2.85. The van der Waals surface area contributed by atoms with E-state index in [0.29, 0.717) is 22.5 Å². The minimum Gasteiger partial charge on any atom is -0.300 e. The first-order valence-electron chi connectivity index (χ1n) is 4.29. The maximum absolute atomic E-state index is 11.4. The smallest absolute Gasteiger partial charge is 0.182 e. The molecule has 0 atom stereocenters. The lowest BCUT2D eigenvalue weighted by Gasteiger charge is -1.95. The third-order valence-electron chi connectivity index (χ3n) is 1.79. The van der Waals surface area contributed by atoms with Crippen LogP contribution in [0.3, 0.4) is 0 Å². The second-order valence-corrected chi connectivity index (χ2v) is 4.94. The van der Waals surface area contributed by atoms with Crippen molar-refractivity contribution < 1.29 is 9.59 Å². The number of halogens is 1. The Hall–Kier alpha value is -0.550. The van der Waals surface area contributed by atoms with Crippen molar-refractivity contribution in [3.63, 3.8) is 0 Å². The molecule has 0 bridgehead atoms. The molecule has 0 saturated carbocycles. The fourth-order valence-electron chi connectivity index (χ4n) is 0.938. The highest BCUT2D eigenvalue weighted by molar-refractivity contribution is 9.11. The average molecular weight is 276 g/mol. The summed E-state index contributed by atoms with van der Waals surface area (Å²) < 4.78 is 0.697. The number of carbonyl (C=O) groups is 2. The number of thiazole rings is 1. The standard InChI is InChI=1S/C9H10BrNO2S/c1-2-6(12)3-4-8(13)7-5-14-9(10)11-7/h5H,2-4H2,1H3. The molecule has 0 aliphatic rings. The van der Waals surface area contributed by atoms with E-state index in [9.17, 15) is 9.59 Å². The van der Waals surface area contributed by atoms with E-state index in [0.717, 1.165) is 0 Å². The van der Waals surface area contributed by atoms with Crippen LogP contribution in [-0.4, -0.2) is 16.6 Å². The quantitative estimate of drug-likeness (QED) is 0.777. The molecule has 14 heavy (non-hydrogen) atoms. The van der Waals surface area contributed by atoms with Crippen molar-refractivity contribution in [3.05, 3.63) is 15.0 Å². The maximum atomic E-state index is 11.4. The van der Waals surface area contributed by atoms with Crippen LogP contribution in [0.1, 0.15) is 36.7 Å². The summed E-state index contributed by atoms with van der Waals surface area (Å²) in [5, 5.41) is 1.70. The second kappa shape index (κ2) is 5.36. The van der Waals surface area contributed by atoms with E-state index < -0.39 is 0 Å². The second-order valence-electron chi connectivity index (χ2n) is 2.80. The monoisotopic (exact) mass is 275 g/mol. The van der Waals surface area contributed by atoms with Crippen molar-refractivity contribution in [3.8, 4) is 0 Å². The average Bonchev–Trinajstić information content (AvgIpc) is 2.60. The minimum absolute atomic E-state index is 0.0613. The first-order chi connectivity index (χ1) is 6.63. The zero-order valence-electron chi connectivity index (χ0n) is 7.75. The van der Waals surface area contributed by atoms with E-state index in [4.69, 9.17) is 0 Å². The highest BCUT2D eigenvalue weighted by atomic mass is 79.9. The molecule has 0 fully saturated rings. The number of carbonyl (C=O) groups excluding carboxylic acids is 2. The Morgan fingerprint density at radius 3 is 2.71 bits per heavy atom. The summed E-state index contributed by atoms with van der Waals surface area (Å²) in [5.74, 6) is 0.0568. The Morgan fingerprint density at radius 2 is 2.21 bits per heavy atom. The van der Waals surface area contributed by atoms with E-state index in [2.05, 4.69) is 20.9 Å². The molecule has 0 unspecified atom stereocenters. The van der Waals surface area contributed by atoms with Crippen LogP contribution in [0.15, 0.2) is 9.30 Å². The summed E-state index contributed by atoms with van der Waals surface area (Å²) in [4.78, 5) is 26.4. The van der Waals surface area contributed by atoms with Crippen molar-refractivity contribution in [2.45, 2.75) is 26.2 Å². The summed E-state index contributed by atoms with van der Waals surface area (Å²) in [6, 6.07) is 0. The minimum atomic E-state index is -0.0613. The lowest BCUT2D eigenvalue weighted by Crippen LogP contribution is -2.03. The Balaban J connectivity index is 2.47. The molecule has 0 N–H and O–H groups in total. The van der Waals surface area contributed by atoms with E-state index in [1.165, 1.54) is 11.3 Å². The van der Waals surface area contributed by atoms with Gasteiger partial charge in [-0.15, -0.1) is 11.3 Å². The molecule has 0 aliphatic carbocycles. The zero-order valence-corrected chi connectivity index (χ0v) is 10.2. The van der Waals surface area contributed by atoms with Gasteiger partial charge in [0, 0.05) is 24.6 Å². The van der Waals surface area contributed by atoms with Gasteiger partial charge in [-0.2, -0.15) is 0 Å². The number of hydrogen-bond donors (Lipinski definition) is 0. The Labute approximate surface area is 94.7 Å². The highest BCUT2D eigenvalue weighted by Crippen LogP contribution is 2.17. The molecular formula is C9H10BrNO2S. The molecule has 0 spiro atoms. The lowest BCUT2D eigenvalue weighted by atomic mass is 10.1. The lowest BCUT2D eigenvalue weighted by molar-refractivity contribution is -0.118. The largest absolute Gasteiger partial charge is 0.300 e. The van der Waals surface area contributed by atoms with Crippen LogP contribution in [0.2, 0.25) is 0 Å². The third-order valence-corrected chi connectivity index (χ3v) is 3.15. The van der Waals surface area contributed by atoms with Gasteiger partial charge in [0.2, 0.25) is 0 Å². The molecular weight excluding hydrogens is 266 g/mol. The Morgan fingerprint density at radius 1 is 1.50 bits per heavy atom. The molecule has 5 heteroatoms. The van der Waals surface area contributed by atoms with Crippen LogP contribution in [-0.2, 0) is 4.79 Å². The summed E-state index contributed by atoms with van der Waals surface area (Å²) in [7, 11) is 0. The zero-order chi connectivity index (χ0) is 10.6. The molecule has 76 valence electrons. The molecule has 0 aromatic carbocycles. The first-order valence-corrected chi connectivity index (χ1v) is 5.96. The number of hydrogen-bond acceptors (Lipinski definition) is 4. The molecule has 0 radical (unpaired) electrons. The fraction of sp³-hybridized carbons (Fsp3) is 0.444. The molecule has 3 nitrogen and oxygen atoms in total. The van der Waals surface area contributed by atoms with Gasteiger partial charge < -0.3 is 0 Å². The fourth-order valence-corrected chi connectivity index (χ4v) is 1.95. The van der Waals surface area contributed by atoms with Crippen molar-refractivity contribution in [2.24, 2.45) is 0 Å². The number of nitrogens with zero attached hydrogens (tertiary/aromatic N) is 1. The van der Waals surface area contributed by atoms with Gasteiger partial charge in [-0.05, 0) is 15.9 Å². The van der Waals surface area contributed by atoms with Gasteiger partial charge in [-0.3, -0.25) is 9.59 Å². The summed E-state index contributed by atoms with van der Waals surface area (Å²) in [6.45, 7) is 1.80. The highest BCUT2D eigenvalue weighted by Gasteiger charge is 2.11. The van der Waals surface area contributed by atoms with Gasteiger partial charge in [0.05, 0.1) is 0 Å². The van der Waals surface area contributed by atoms with Gasteiger partial charge >= 0.3 is 0 Å². The van der Waals surface area contributed by atoms with Crippen LogP contribution in [0.5, 0.6) is 0 Å². The molecule has 0 amide bonds. The molecule has 0 aliphatic heterocycles. The van der Waals surface area contributed by atoms with E-state index in [-0.39, 0.29) is 18.0 Å². The van der Waals surface area contributed by atoms with E-state index in [1.54, 1.807) is 12.3 Å². The number of rotatable bonds is 5. The number of ketones is 2. The van der Waals surface area contributed by atoms with Crippen molar-refractivity contribution in [1.29, 1.82) is 0 Å². The van der Waals surface area contributed by atoms with Crippen LogP contribution in [0, 0.1) is 0 Å². The van der Waals surface area contributed by atoms with E-state index >= 15 is 0 Å². The normalized spacial score (nSPS) is 10.1. The summed E-state index contributed by atoms with van der Waals surface area (Å²) >= 11 is 4.55. The molecule has 0 saturated heterocycles. The molecule has 1 aromatic rings. The molecule has 1 rings (SSSR count). The molecule has 1 aromatic heterocycles. The summed E-state index contributed by atoms with van der Waals surface area (Å²) in [5.41, 5.74) is 0.450. The number of Topliss-reactive ketones (excluding diaryl/α,β-unsaturated/α-hetero) is 2. The van der Waals surface area contributed by atoms with Crippen LogP contribution < -0.4 is 0 Å². The predicted molar refractivity (Wildman–Crippen MR) is 58.7 cm³/mol. The van der Waals surface area contributed by atoms with Crippen molar-refractivity contribution >= 4 is 38.8 Å². The Bertz CT molecular complexity index is 348. The topological polar surface area (TPSA) is 47.0 Å². The Kier molecular flexibility index (Phi) is 4.41. The van der Waals surface area contributed by atoms with Crippen LogP contribution in [0.25, 0.3) is 0 Å². The van der Waals surface area contributed by atoms with Gasteiger partial charge in [0.15, 0.2) is 9.70 Å². The number of aromatic nitrogens is 1. The third kappa shape index (κ3) is 3.31. The van der Waals surface area contributed by atoms with E-state index in [1.807, 2.05) is 0 Å². The van der Waals surface area contributed by atoms with Crippen LogP contribution in [0.4, 0.5) is 0 Å². The SMILES string of the molecule is CCC(=O)CCC(=O)c1csc(Br)n1. The summed E-state index contributed by atoms with van der Waals surface area (Å²) in [6.07, 6.45) is 1.08. The molecule has 1 heterocycles. The van der Waals surface area contributed by atoms with Gasteiger partial charge in [-0.1, -0.05) is 6.92 Å². The van der Waals surface area contributed by atoms with Crippen molar-refractivity contribution in [2.75, 3.05) is 0 Å². The maximum Gasteiger partial charge on any atom is 0.182 e.